The van der Waals surface area contributed by atoms with Gasteiger partial charge in [0.15, 0.2) is 6.29 Å². The zero-order chi connectivity index (χ0) is 18.8. The smallest absolute Gasteiger partial charge is 0.292 e. The number of hydrogen-bond donors (Lipinski definition) is 0. The number of nitrogens with zero attached hydrogens (tertiary/aromatic N) is 4. The van der Waals surface area contributed by atoms with Crippen LogP contribution in [0.3, 0.4) is 0 Å². The van der Waals surface area contributed by atoms with Crippen molar-refractivity contribution in [3.8, 4) is 5.69 Å². The molecule has 1 aliphatic rings. The monoisotopic (exact) mass is 400 g/mol. The van der Waals surface area contributed by atoms with Gasteiger partial charge in [0.05, 0.1) is 27.4 Å². The van der Waals surface area contributed by atoms with Gasteiger partial charge in [-0.2, -0.15) is 9.78 Å². The highest BCUT2D eigenvalue weighted by Gasteiger charge is 2.22. The molecule has 1 aliphatic heterocycles. The lowest BCUT2D eigenvalue weighted by Crippen LogP contribution is -2.47. The number of thiophene rings is 1. The maximum absolute atomic E-state index is 12.7. The Kier molecular flexibility index (Phi) is 4.96. The first kappa shape index (κ1) is 17.8. The molecule has 3 aromatic rings. The van der Waals surface area contributed by atoms with Gasteiger partial charge in [-0.3, -0.25) is 9.59 Å². The fourth-order valence-corrected chi connectivity index (χ4v) is 4.26. The van der Waals surface area contributed by atoms with Gasteiger partial charge in [0, 0.05) is 26.2 Å². The molecule has 0 aliphatic carbocycles. The minimum atomic E-state index is -0.323. The van der Waals surface area contributed by atoms with Crippen molar-refractivity contribution in [3.05, 3.63) is 68.9 Å². The fraction of sp³-hybridized carbons (Fsp3) is 0.211. The van der Waals surface area contributed by atoms with Crippen LogP contribution in [0.2, 0.25) is 5.02 Å². The number of carbonyl (C=O) groups is 1. The van der Waals surface area contributed by atoms with Gasteiger partial charge in [0.1, 0.15) is 5.02 Å². The van der Waals surface area contributed by atoms with Crippen molar-refractivity contribution >= 4 is 39.9 Å². The Morgan fingerprint density at radius 1 is 1.00 bits per heavy atom. The molecule has 1 aromatic carbocycles. The van der Waals surface area contributed by atoms with E-state index in [-0.39, 0.29) is 10.6 Å². The Hall–Kier alpha value is -2.64. The largest absolute Gasteiger partial charge is 0.365 e. The van der Waals surface area contributed by atoms with E-state index in [1.165, 1.54) is 16.0 Å². The van der Waals surface area contributed by atoms with Crippen molar-refractivity contribution in [2.75, 3.05) is 36.0 Å². The maximum atomic E-state index is 12.7. The normalized spacial score (nSPS) is 14.4. The molecular weight excluding hydrogens is 384 g/mol. The second kappa shape index (κ2) is 7.54. The third-order valence-corrected chi connectivity index (χ3v) is 5.99. The minimum Gasteiger partial charge on any atom is -0.365 e. The lowest BCUT2D eigenvalue weighted by molar-refractivity contribution is 0.112. The molecule has 0 bridgehead atoms. The maximum Gasteiger partial charge on any atom is 0.292 e. The highest BCUT2D eigenvalue weighted by Crippen LogP contribution is 2.28. The number of rotatable bonds is 4. The van der Waals surface area contributed by atoms with Crippen LogP contribution in [0.1, 0.15) is 9.67 Å². The van der Waals surface area contributed by atoms with Gasteiger partial charge in [0.2, 0.25) is 0 Å². The van der Waals surface area contributed by atoms with Gasteiger partial charge >= 0.3 is 0 Å². The van der Waals surface area contributed by atoms with E-state index >= 15 is 0 Å². The van der Waals surface area contributed by atoms with E-state index in [4.69, 9.17) is 11.6 Å². The zero-order valence-electron chi connectivity index (χ0n) is 14.4. The molecule has 0 unspecified atom stereocenters. The van der Waals surface area contributed by atoms with Gasteiger partial charge in [-0.1, -0.05) is 29.8 Å². The van der Waals surface area contributed by atoms with Crippen molar-refractivity contribution in [2.24, 2.45) is 0 Å². The van der Waals surface area contributed by atoms with E-state index in [0.29, 0.717) is 11.4 Å². The summed E-state index contributed by atoms with van der Waals surface area (Å²) < 4.78 is 1.31. The van der Waals surface area contributed by atoms with Gasteiger partial charge in [-0.15, -0.1) is 11.3 Å². The number of halogens is 1. The predicted octanol–water partition coefficient (Wildman–Crippen LogP) is 3.09. The van der Waals surface area contributed by atoms with Gasteiger partial charge < -0.3 is 9.80 Å². The molecule has 0 atom stereocenters. The van der Waals surface area contributed by atoms with E-state index in [9.17, 15) is 9.59 Å². The average Bonchev–Trinajstić information content (AvgIpc) is 3.20. The van der Waals surface area contributed by atoms with Crippen molar-refractivity contribution in [3.63, 3.8) is 0 Å². The Bertz CT molecular complexity index is 1010. The average molecular weight is 401 g/mol. The quantitative estimate of drug-likeness (QED) is 0.630. The van der Waals surface area contributed by atoms with E-state index in [2.05, 4.69) is 14.9 Å². The van der Waals surface area contributed by atoms with Crippen LogP contribution < -0.4 is 15.4 Å². The number of aldehydes is 1. The molecule has 0 radical (unpaired) electrons. The number of aromatic nitrogens is 2. The summed E-state index contributed by atoms with van der Waals surface area (Å²) in [5.74, 6) is 0. The highest BCUT2D eigenvalue weighted by molar-refractivity contribution is 7.17. The van der Waals surface area contributed by atoms with Gasteiger partial charge in [0.25, 0.3) is 5.56 Å². The molecule has 2 aromatic heterocycles. The summed E-state index contributed by atoms with van der Waals surface area (Å²) in [6.07, 6.45) is 2.53. The van der Waals surface area contributed by atoms with Gasteiger partial charge in [-0.05, 0) is 24.3 Å². The van der Waals surface area contributed by atoms with Crippen LogP contribution in [0.25, 0.3) is 5.69 Å². The summed E-state index contributed by atoms with van der Waals surface area (Å²) in [6, 6.07) is 13.0. The molecule has 1 saturated heterocycles. The molecule has 138 valence electrons. The first-order chi connectivity index (χ1) is 13.2. The molecule has 1 fully saturated rings. The molecule has 4 rings (SSSR count). The molecule has 6 nitrogen and oxygen atoms in total. The topological polar surface area (TPSA) is 58.4 Å². The molecule has 8 heteroatoms. The second-order valence-electron chi connectivity index (χ2n) is 6.16. The van der Waals surface area contributed by atoms with E-state index < -0.39 is 0 Å². The lowest BCUT2D eigenvalue weighted by Gasteiger charge is -2.36. The molecule has 3 heterocycles. The minimum absolute atomic E-state index is 0.182. The van der Waals surface area contributed by atoms with Crippen molar-refractivity contribution in [2.45, 2.75) is 0 Å². The molecule has 0 amide bonds. The SMILES string of the molecule is O=Cc1ccc(N2CCN(c3cnn(-c4ccccc4)c(=O)c3Cl)CC2)s1. The Balaban J connectivity index is 1.52. The molecular formula is C19H17ClN4O2S. The Labute approximate surface area is 165 Å². The lowest BCUT2D eigenvalue weighted by atomic mass is 10.3. The van der Waals surface area contributed by atoms with Crippen molar-refractivity contribution < 1.29 is 4.79 Å². The Morgan fingerprint density at radius 2 is 1.70 bits per heavy atom. The van der Waals surface area contributed by atoms with Crippen LogP contribution in [0.4, 0.5) is 10.7 Å². The van der Waals surface area contributed by atoms with E-state index in [0.717, 1.165) is 42.3 Å². The molecule has 0 saturated carbocycles. The van der Waals surface area contributed by atoms with Crippen LogP contribution >= 0.6 is 22.9 Å². The third-order valence-electron chi connectivity index (χ3n) is 4.56. The first-order valence-electron chi connectivity index (χ1n) is 8.55. The van der Waals surface area contributed by atoms with Crippen LogP contribution in [0.5, 0.6) is 0 Å². The molecule has 27 heavy (non-hydrogen) atoms. The summed E-state index contributed by atoms with van der Waals surface area (Å²) in [5.41, 5.74) is 1.02. The van der Waals surface area contributed by atoms with Crippen molar-refractivity contribution in [1.29, 1.82) is 0 Å². The summed E-state index contributed by atoms with van der Waals surface area (Å²) in [7, 11) is 0. The van der Waals surface area contributed by atoms with Crippen LogP contribution in [0, 0.1) is 0 Å². The highest BCUT2D eigenvalue weighted by atomic mass is 35.5. The predicted molar refractivity (Wildman–Crippen MR) is 109 cm³/mol. The summed E-state index contributed by atoms with van der Waals surface area (Å²) >= 11 is 7.88. The van der Waals surface area contributed by atoms with E-state index in [1.807, 2.05) is 42.5 Å². The summed E-state index contributed by atoms with van der Waals surface area (Å²) in [5, 5.41) is 5.57. The number of benzene rings is 1. The zero-order valence-corrected chi connectivity index (χ0v) is 16.0. The van der Waals surface area contributed by atoms with Crippen LogP contribution in [-0.2, 0) is 0 Å². The first-order valence-corrected chi connectivity index (χ1v) is 9.75. The number of anilines is 2. The fourth-order valence-electron chi connectivity index (χ4n) is 3.14. The third kappa shape index (κ3) is 3.48. The Morgan fingerprint density at radius 3 is 2.37 bits per heavy atom. The van der Waals surface area contributed by atoms with Gasteiger partial charge in [-0.25, -0.2) is 0 Å². The van der Waals surface area contributed by atoms with Crippen LogP contribution in [0.15, 0.2) is 53.5 Å². The van der Waals surface area contributed by atoms with E-state index in [1.54, 1.807) is 6.20 Å². The van der Waals surface area contributed by atoms with Crippen molar-refractivity contribution in [1.82, 2.24) is 9.78 Å². The number of piperazine rings is 1. The number of hydrogen-bond acceptors (Lipinski definition) is 6. The number of para-hydroxylation sites is 1. The molecule has 0 N–H and O–H groups in total. The second-order valence-corrected chi connectivity index (χ2v) is 7.64. The standard InChI is InChI=1S/C19H17ClN4O2S/c20-18-16(12-21-24(19(18)26)14-4-2-1-3-5-14)22-8-10-23(11-9-22)17-7-6-15(13-25)27-17/h1-7,12-13H,8-11H2. The summed E-state index contributed by atoms with van der Waals surface area (Å²) in [4.78, 5) is 28.6. The van der Waals surface area contributed by atoms with Crippen LogP contribution in [-0.4, -0.2) is 42.2 Å². The molecule has 0 spiro atoms. The summed E-state index contributed by atoms with van der Waals surface area (Å²) in [6.45, 7) is 3.03. The number of carbonyl (C=O) groups excluding carboxylic acids is 1.